The number of nitrogens with zero attached hydrogens (tertiary/aromatic N) is 1. The van der Waals surface area contributed by atoms with Crippen LogP contribution >= 0.6 is 0 Å². The van der Waals surface area contributed by atoms with Crippen LogP contribution in [-0.4, -0.2) is 24.7 Å². The van der Waals surface area contributed by atoms with Crippen LogP contribution in [0.15, 0.2) is 59.0 Å². The molecule has 0 amide bonds. The molecule has 5 nitrogen and oxygen atoms in total. The summed E-state index contributed by atoms with van der Waals surface area (Å²) in [5.41, 5.74) is 2.55. The van der Waals surface area contributed by atoms with Gasteiger partial charge < -0.3 is 13.9 Å². The van der Waals surface area contributed by atoms with Gasteiger partial charge in [-0.15, -0.1) is 0 Å². The van der Waals surface area contributed by atoms with E-state index in [9.17, 15) is 4.79 Å². The van der Waals surface area contributed by atoms with Crippen molar-refractivity contribution in [3.8, 4) is 29.0 Å². The second-order valence-electron chi connectivity index (χ2n) is 5.75. The summed E-state index contributed by atoms with van der Waals surface area (Å²) in [4.78, 5) is 15.6. The molecule has 136 valence electrons. The van der Waals surface area contributed by atoms with E-state index in [1.54, 1.807) is 12.1 Å². The molecule has 1 heterocycles. The predicted molar refractivity (Wildman–Crippen MR) is 101 cm³/mol. The molecule has 0 aliphatic carbocycles. The molecule has 0 radical (unpaired) electrons. The molecule has 1 aromatic heterocycles. The average Bonchev–Trinajstić information content (AvgIpc) is 3.08. The van der Waals surface area contributed by atoms with Gasteiger partial charge in [-0.3, -0.25) is 0 Å². The molecule has 0 N–H and O–H groups in total. The first-order chi connectivity index (χ1) is 13.2. The lowest BCUT2D eigenvalue weighted by Crippen LogP contribution is -2.02. The number of ether oxygens (including phenoxy) is 2. The van der Waals surface area contributed by atoms with E-state index in [2.05, 4.69) is 21.6 Å². The van der Waals surface area contributed by atoms with Crippen molar-refractivity contribution in [3.05, 3.63) is 71.6 Å². The van der Waals surface area contributed by atoms with Gasteiger partial charge in [0.25, 0.3) is 0 Å². The zero-order valence-corrected chi connectivity index (χ0v) is 15.2. The topological polar surface area (TPSA) is 61.6 Å². The summed E-state index contributed by atoms with van der Waals surface area (Å²) in [5.74, 6) is 6.69. The Balaban J connectivity index is 1.56. The van der Waals surface area contributed by atoms with Crippen molar-refractivity contribution in [2.75, 3.05) is 13.7 Å². The number of hydrogen-bond donors (Lipinski definition) is 0. The Bertz CT molecular complexity index is 963. The summed E-state index contributed by atoms with van der Waals surface area (Å²) in [6, 6.07) is 17.0. The smallest absolute Gasteiger partial charge is 0.384 e. The number of rotatable bonds is 5. The van der Waals surface area contributed by atoms with E-state index in [1.165, 1.54) is 7.11 Å². The second kappa shape index (κ2) is 8.72. The third-order valence-electron chi connectivity index (χ3n) is 3.87. The number of carbonyl (C=O) groups excluding carboxylic acids is 1. The van der Waals surface area contributed by atoms with Crippen molar-refractivity contribution < 1.29 is 18.7 Å². The molecule has 0 saturated heterocycles. The summed E-state index contributed by atoms with van der Waals surface area (Å²) in [6.07, 6.45) is 0.645. The molecule has 27 heavy (non-hydrogen) atoms. The van der Waals surface area contributed by atoms with Crippen LogP contribution in [0.2, 0.25) is 0 Å². The number of carbonyl (C=O) groups is 1. The third-order valence-corrected chi connectivity index (χ3v) is 3.87. The van der Waals surface area contributed by atoms with Crippen molar-refractivity contribution >= 4 is 5.97 Å². The lowest BCUT2D eigenvalue weighted by atomic mass is 10.2. The van der Waals surface area contributed by atoms with Crippen LogP contribution in [0.1, 0.15) is 17.0 Å². The van der Waals surface area contributed by atoms with Crippen molar-refractivity contribution in [2.45, 2.75) is 13.3 Å². The number of esters is 1. The molecule has 0 unspecified atom stereocenters. The van der Waals surface area contributed by atoms with Crippen LogP contribution in [0.5, 0.6) is 5.75 Å². The maximum absolute atomic E-state index is 11.0. The van der Waals surface area contributed by atoms with E-state index >= 15 is 0 Å². The van der Waals surface area contributed by atoms with Crippen LogP contribution in [0.4, 0.5) is 0 Å². The fourth-order valence-electron chi connectivity index (χ4n) is 2.44. The summed E-state index contributed by atoms with van der Waals surface area (Å²) >= 11 is 0. The van der Waals surface area contributed by atoms with E-state index in [-0.39, 0.29) is 0 Å². The Morgan fingerprint density at radius 1 is 1.11 bits per heavy atom. The number of aryl methyl sites for hydroxylation is 1. The fraction of sp³-hybridized carbons (Fsp3) is 0.182. The van der Waals surface area contributed by atoms with Gasteiger partial charge in [-0.05, 0) is 43.3 Å². The number of oxazole rings is 1. The second-order valence-corrected chi connectivity index (χ2v) is 5.75. The van der Waals surface area contributed by atoms with Crippen LogP contribution < -0.4 is 4.74 Å². The van der Waals surface area contributed by atoms with Crippen molar-refractivity contribution in [1.29, 1.82) is 0 Å². The molecule has 0 aliphatic rings. The van der Waals surface area contributed by atoms with E-state index < -0.39 is 5.97 Å². The molecular weight excluding hydrogens is 342 g/mol. The van der Waals surface area contributed by atoms with Crippen LogP contribution in [0.3, 0.4) is 0 Å². The zero-order valence-electron chi connectivity index (χ0n) is 15.2. The Morgan fingerprint density at radius 3 is 2.56 bits per heavy atom. The molecular formula is C22H19NO4. The molecule has 0 fully saturated rings. The van der Waals surface area contributed by atoms with Crippen molar-refractivity contribution in [1.82, 2.24) is 4.98 Å². The van der Waals surface area contributed by atoms with Gasteiger partial charge in [-0.1, -0.05) is 24.1 Å². The number of methoxy groups -OCH3 is 1. The van der Waals surface area contributed by atoms with Gasteiger partial charge in [-0.2, -0.15) is 0 Å². The first-order valence-corrected chi connectivity index (χ1v) is 8.50. The summed E-state index contributed by atoms with van der Waals surface area (Å²) in [6.45, 7) is 2.39. The average molecular weight is 361 g/mol. The lowest BCUT2D eigenvalue weighted by Gasteiger charge is -2.05. The Hall–Kier alpha value is -3.52. The first kappa shape index (κ1) is 18.3. The van der Waals surface area contributed by atoms with Crippen LogP contribution in [0.25, 0.3) is 11.5 Å². The van der Waals surface area contributed by atoms with E-state index in [4.69, 9.17) is 9.15 Å². The van der Waals surface area contributed by atoms with Gasteiger partial charge in [-0.25, -0.2) is 9.78 Å². The minimum Gasteiger partial charge on any atom is -0.493 e. The lowest BCUT2D eigenvalue weighted by molar-refractivity contribution is -0.133. The first-order valence-electron chi connectivity index (χ1n) is 8.50. The number of aromatic nitrogens is 1. The van der Waals surface area contributed by atoms with E-state index in [0.717, 1.165) is 22.8 Å². The van der Waals surface area contributed by atoms with Crippen LogP contribution in [0, 0.1) is 18.8 Å². The molecule has 0 bridgehead atoms. The highest BCUT2D eigenvalue weighted by Crippen LogP contribution is 2.22. The number of hydrogen-bond acceptors (Lipinski definition) is 5. The quantitative estimate of drug-likeness (QED) is 0.511. The molecule has 2 aromatic carbocycles. The highest BCUT2D eigenvalue weighted by atomic mass is 16.5. The Morgan fingerprint density at radius 2 is 1.85 bits per heavy atom. The summed E-state index contributed by atoms with van der Waals surface area (Å²) < 4.78 is 16.0. The molecule has 0 spiro atoms. The van der Waals surface area contributed by atoms with Crippen molar-refractivity contribution in [2.24, 2.45) is 0 Å². The van der Waals surface area contributed by atoms with Gasteiger partial charge in [0, 0.05) is 23.5 Å². The molecule has 3 aromatic rings. The van der Waals surface area contributed by atoms with Gasteiger partial charge >= 0.3 is 5.97 Å². The standard InChI is InChI=1S/C22H19NO4/c1-16-20(23-22(27-16)18-6-4-3-5-7-18)14-15-26-19-11-8-17(9-12-19)10-13-21(24)25-2/h3-9,11-12H,14-15H2,1-2H3. The SMILES string of the molecule is COC(=O)C#Cc1ccc(OCCc2nc(-c3ccccc3)oc2C)cc1. The fourth-order valence-corrected chi connectivity index (χ4v) is 2.44. The Kier molecular flexibility index (Phi) is 5.91. The van der Waals surface area contributed by atoms with E-state index in [0.29, 0.717) is 24.5 Å². The normalized spacial score (nSPS) is 10.0. The molecule has 3 rings (SSSR count). The van der Waals surface area contributed by atoms with E-state index in [1.807, 2.05) is 49.4 Å². The minimum absolute atomic E-state index is 0.481. The van der Waals surface area contributed by atoms with Gasteiger partial charge in [0.1, 0.15) is 11.5 Å². The molecule has 0 aliphatic heterocycles. The van der Waals surface area contributed by atoms with Gasteiger partial charge in [0.15, 0.2) is 0 Å². The van der Waals surface area contributed by atoms with Gasteiger partial charge in [0.2, 0.25) is 5.89 Å². The summed E-state index contributed by atoms with van der Waals surface area (Å²) in [7, 11) is 1.30. The molecule has 5 heteroatoms. The molecule has 0 atom stereocenters. The third kappa shape index (κ3) is 4.99. The zero-order chi connectivity index (χ0) is 19.1. The maximum Gasteiger partial charge on any atom is 0.384 e. The number of benzene rings is 2. The highest BCUT2D eigenvalue weighted by molar-refractivity contribution is 5.89. The monoisotopic (exact) mass is 361 g/mol. The highest BCUT2D eigenvalue weighted by Gasteiger charge is 2.11. The van der Waals surface area contributed by atoms with Gasteiger partial charge in [0.05, 0.1) is 19.4 Å². The predicted octanol–water partition coefficient (Wildman–Crippen LogP) is 3.80. The largest absolute Gasteiger partial charge is 0.493 e. The van der Waals surface area contributed by atoms with Crippen LogP contribution in [-0.2, 0) is 16.0 Å². The maximum atomic E-state index is 11.0. The minimum atomic E-state index is -0.562. The Labute approximate surface area is 158 Å². The van der Waals surface area contributed by atoms with Crippen molar-refractivity contribution in [3.63, 3.8) is 0 Å². The summed E-state index contributed by atoms with van der Waals surface area (Å²) in [5, 5.41) is 0. The molecule has 0 saturated carbocycles.